The Labute approximate surface area is 129 Å². The van der Waals surface area contributed by atoms with E-state index in [0.717, 1.165) is 12.1 Å². The van der Waals surface area contributed by atoms with Gasteiger partial charge in [-0.3, -0.25) is 9.48 Å². The Morgan fingerprint density at radius 1 is 1.36 bits per heavy atom. The van der Waals surface area contributed by atoms with Crippen molar-refractivity contribution in [1.29, 1.82) is 0 Å². The molecule has 3 rings (SSSR count). The Kier molecular flexibility index (Phi) is 4.00. The monoisotopic (exact) mass is 301 g/mol. The molecule has 6 nitrogen and oxygen atoms in total. The molecule has 0 bridgehead atoms. The van der Waals surface area contributed by atoms with Crippen molar-refractivity contribution >= 4 is 5.91 Å². The summed E-state index contributed by atoms with van der Waals surface area (Å²) < 4.78 is 12.9. The van der Waals surface area contributed by atoms with Gasteiger partial charge >= 0.3 is 0 Å². The molecule has 1 N–H and O–H groups in total. The number of carbonyl (C=O) groups is 1. The van der Waals surface area contributed by atoms with Gasteiger partial charge in [-0.1, -0.05) is 13.0 Å². The van der Waals surface area contributed by atoms with E-state index in [1.54, 1.807) is 23.0 Å². The topological polar surface area (TPSA) is 65.4 Å². The zero-order chi connectivity index (χ0) is 15.5. The molecular formula is C16H19N3O3. The number of hydrogen-bond acceptors (Lipinski definition) is 4. The third-order valence-corrected chi connectivity index (χ3v) is 3.74. The SMILES string of the molecule is CCC(NC(=O)c1cccc2c1OCCO2)c1ccnn1C. The number of benzene rings is 1. The molecule has 1 unspecified atom stereocenters. The minimum Gasteiger partial charge on any atom is -0.486 e. The van der Waals surface area contributed by atoms with E-state index < -0.39 is 0 Å². The summed E-state index contributed by atoms with van der Waals surface area (Å²) in [6.07, 6.45) is 2.50. The van der Waals surface area contributed by atoms with Crippen molar-refractivity contribution in [3.05, 3.63) is 41.7 Å². The molecule has 0 fully saturated rings. The summed E-state index contributed by atoms with van der Waals surface area (Å²) in [6.45, 7) is 2.99. The molecule has 0 saturated heterocycles. The van der Waals surface area contributed by atoms with Gasteiger partial charge in [-0.05, 0) is 24.6 Å². The van der Waals surface area contributed by atoms with E-state index in [2.05, 4.69) is 10.4 Å². The molecule has 22 heavy (non-hydrogen) atoms. The van der Waals surface area contributed by atoms with Crippen LogP contribution in [0, 0.1) is 0 Å². The number of amides is 1. The van der Waals surface area contributed by atoms with E-state index in [9.17, 15) is 4.79 Å². The van der Waals surface area contributed by atoms with Crippen molar-refractivity contribution in [2.24, 2.45) is 7.05 Å². The van der Waals surface area contributed by atoms with Crippen molar-refractivity contribution in [3.8, 4) is 11.5 Å². The van der Waals surface area contributed by atoms with Gasteiger partial charge < -0.3 is 14.8 Å². The van der Waals surface area contributed by atoms with Crippen molar-refractivity contribution in [2.45, 2.75) is 19.4 Å². The largest absolute Gasteiger partial charge is 0.486 e. The maximum Gasteiger partial charge on any atom is 0.255 e. The summed E-state index contributed by atoms with van der Waals surface area (Å²) in [5, 5.41) is 7.20. The van der Waals surface area contributed by atoms with Crippen molar-refractivity contribution in [3.63, 3.8) is 0 Å². The quantitative estimate of drug-likeness (QED) is 0.939. The first-order chi connectivity index (χ1) is 10.7. The van der Waals surface area contributed by atoms with Gasteiger partial charge in [0.15, 0.2) is 11.5 Å². The number of fused-ring (bicyclic) bond motifs is 1. The van der Waals surface area contributed by atoms with Gasteiger partial charge in [0.05, 0.1) is 17.3 Å². The second-order valence-electron chi connectivity index (χ2n) is 5.14. The Morgan fingerprint density at radius 3 is 2.91 bits per heavy atom. The van der Waals surface area contributed by atoms with Crippen LogP contribution < -0.4 is 14.8 Å². The highest BCUT2D eigenvalue weighted by Gasteiger charge is 2.23. The third kappa shape index (κ3) is 2.64. The van der Waals surface area contributed by atoms with Crippen LogP contribution in [0.3, 0.4) is 0 Å². The summed E-state index contributed by atoms with van der Waals surface area (Å²) in [6, 6.07) is 7.17. The first kappa shape index (κ1) is 14.4. The summed E-state index contributed by atoms with van der Waals surface area (Å²) in [7, 11) is 1.87. The molecule has 1 aliphatic rings. The number of aromatic nitrogens is 2. The Hall–Kier alpha value is -2.50. The second kappa shape index (κ2) is 6.09. The molecule has 2 heterocycles. The molecule has 6 heteroatoms. The lowest BCUT2D eigenvalue weighted by Gasteiger charge is -2.22. The van der Waals surface area contributed by atoms with Crippen molar-refractivity contribution < 1.29 is 14.3 Å². The van der Waals surface area contributed by atoms with Crippen LogP contribution in [0.25, 0.3) is 0 Å². The molecule has 1 amide bonds. The zero-order valence-corrected chi connectivity index (χ0v) is 12.7. The maximum atomic E-state index is 12.6. The van der Waals surface area contributed by atoms with E-state index in [4.69, 9.17) is 9.47 Å². The Bertz CT molecular complexity index is 681. The maximum absolute atomic E-state index is 12.6. The molecule has 1 aromatic carbocycles. The van der Waals surface area contributed by atoms with Gasteiger partial charge in [-0.2, -0.15) is 5.10 Å². The van der Waals surface area contributed by atoms with Crippen LogP contribution in [0.4, 0.5) is 0 Å². The van der Waals surface area contributed by atoms with Gasteiger partial charge in [0.2, 0.25) is 0 Å². The standard InChI is InChI=1S/C16H19N3O3/c1-3-12(13-7-8-17-19(13)2)18-16(20)11-5-4-6-14-15(11)22-10-9-21-14/h4-8,12H,3,9-10H2,1-2H3,(H,18,20). The zero-order valence-electron chi connectivity index (χ0n) is 12.7. The molecular weight excluding hydrogens is 282 g/mol. The van der Waals surface area contributed by atoms with Gasteiger partial charge in [0.25, 0.3) is 5.91 Å². The van der Waals surface area contributed by atoms with Gasteiger partial charge in [0.1, 0.15) is 13.2 Å². The van der Waals surface area contributed by atoms with E-state index in [0.29, 0.717) is 30.3 Å². The van der Waals surface area contributed by atoms with Crippen LogP contribution >= 0.6 is 0 Å². The van der Waals surface area contributed by atoms with Gasteiger partial charge in [-0.15, -0.1) is 0 Å². The summed E-state index contributed by atoms with van der Waals surface area (Å²) in [5.74, 6) is 0.967. The molecule has 116 valence electrons. The van der Waals surface area contributed by atoms with Gasteiger partial charge in [-0.25, -0.2) is 0 Å². The molecule has 0 saturated carbocycles. The fourth-order valence-corrected chi connectivity index (χ4v) is 2.60. The van der Waals surface area contributed by atoms with Crippen LogP contribution in [0.2, 0.25) is 0 Å². The lowest BCUT2D eigenvalue weighted by molar-refractivity contribution is 0.0923. The minimum atomic E-state index is -0.171. The van der Waals surface area contributed by atoms with E-state index in [1.807, 2.05) is 26.1 Å². The van der Waals surface area contributed by atoms with Gasteiger partial charge in [0, 0.05) is 13.2 Å². The average Bonchev–Trinajstić information content (AvgIpc) is 2.97. The molecule has 1 aromatic heterocycles. The Balaban J connectivity index is 1.84. The van der Waals surface area contributed by atoms with E-state index in [1.165, 1.54) is 0 Å². The highest BCUT2D eigenvalue weighted by atomic mass is 16.6. The molecule has 0 radical (unpaired) electrons. The number of aryl methyl sites for hydroxylation is 1. The fraction of sp³-hybridized carbons (Fsp3) is 0.375. The number of nitrogens with zero attached hydrogens (tertiary/aromatic N) is 2. The van der Waals surface area contributed by atoms with Crippen LogP contribution in [-0.2, 0) is 7.05 Å². The first-order valence-electron chi connectivity index (χ1n) is 7.38. The number of rotatable bonds is 4. The van der Waals surface area contributed by atoms with Crippen LogP contribution in [0.15, 0.2) is 30.5 Å². The first-order valence-corrected chi connectivity index (χ1v) is 7.38. The molecule has 0 aliphatic carbocycles. The van der Waals surface area contributed by atoms with Crippen molar-refractivity contribution in [2.75, 3.05) is 13.2 Å². The summed E-state index contributed by atoms with van der Waals surface area (Å²) >= 11 is 0. The number of ether oxygens (including phenoxy) is 2. The molecule has 2 aromatic rings. The number of nitrogens with one attached hydrogen (secondary N) is 1. The van der Waals surface area contributed by atoms with E-state index >= 15 is 0 Å². The molecule has 1 aliphatic heterocycles. The summed E-state index contributed by atoms with van der Waals surface area (Å²) in [5.41, 5.74) is 1.47. The average molecular weight is 301 g/mol. The predicted molar refractivity (Wildman–Crippen MR) is 81.1 cm³/mol. The minimum absolute atomic E-state index is 0.0969. The number of hydrogen-bond donors (Lipinski definition) is 1. The van der Waals surface area contributed by atoms with Crippen LogP contribution in [0.1, 0.15) is 35.4 Å². The third-order valence-electron chi connectivity index (χ3n) is 3.74. The van der Waals surface area contributed by atoms with Crippen LogP contribution in [0.5, 0.6) is 11.5 Å². The lowest BCUT2D eigenvalue weighted by Crippen LogP contribution is -2.30. The smallest absolute Gasteiger partial charge is 0.255 e. The highest BCUT2D eigenvalue weighted by molar-refractivity contribution is 5.98. The number of para-hydroxylation sites is 1. The fourth-order valence-electron chi connectivity index (χ4n) is 2.60. The van der Waals surface area contributed by atoms with Crippen LogP contribution in [-0.4, -0.2) is 28.9 Å². The molecule has 1 atom stereocenters. The lowest BCUT2D eigenvalue weighted by atomic mass is 10.1. The normalized spacial score (nSPS) is 14.5. The van der Waals surface area contributed by atoms with E-state index in [-0.39, 0.29) is 11.9 Å². The van der Waals surface area contributed by atoms with Crippen molar-refractivity contribution in [1.82, 2.24) is 15.1 Å². The second-order valence-corrected chi connectivity index (χ2v) is 5.14. The number of carbonyl (C=O) groups excluding carboxylic acids is 1. The predicted octanol–water partition coefficient (Wildman–Crippen LogP) is 2.07. The Morgan fingerprint density at radius 2 is 2.18 bits per heavy atom. The highest BCUT2D eigenvalue weighted by Crippen LogP contribution is 2.33. The summed E-state index contributed by atoms with van der Waals surface area (Å²) in [4.78, 5) is 12.6. The molecule has 0 spiro atoms.